The van der Waals surface area contributed by atoms with Crippen LogP contribution < -0.4 is 5.32 Å². The third-order valence-electron chi connectivity index (χ3n) is 4.27. The van der Waals surface area contributed by atoms with Crippen LogP contribution in [0.5, 0.6) is 0 Å². The maximum absolute atomic E-state index is 9.45. The van der Waals surface area contributed by atoms with Crippen molar-refractivity contribution in [3.05, 3.63) is 47.3 Å². The van der Waals surface area contributed by atoms with Gasteiger partial charge in [-0.25, -0.2) is 4.68 Å². The lowest BCUT2D eigenvalue weighted by Gasteiger charge is -2.19. The molecule has 5 nitrogen and oxygen atoms in total. The molecule has 3 unspecified atom stereocenters. The van der Waals surface area contributed by atoms with E-state index in [0.29, 0.717) is 11.5 Å². The van der Waals surface area contributed by atoms with Crippen LogP contribution >= 0.6 is 0 Å². The summed E-state index contributed by atoms with van der Waals surface area (Å²) >= 11 is 0. The number of rotatable bonds is 7. The van der Waals surface area contributed by atoms with Gasteiger partial charge in [-0.15, -0.1) is 0 Å². The van der Waals surface area contributed by atoms with E-state index in [1.165, 1.54) is 0 Å². The van der Waals surface area contributed by atoms with Gasteiger partial charge < -0.3 is 10.4 Å². The minimum atomic E-state index is -0.266. The minimum Gasteiger partial charge on any atom is -0.393 e. The predicted molar refractivity (Wildman–Crippen MR) is 94.9 cm³/mol. The average molecular weight is 326 g/mol. The van der Waals surface area contributed by atoms with Crippen LogP contribution in [0.2, 0.25) is 0 Å². The fourth-order valence-corrected chi connectivity index (χ4v) is 2.94. The molecule has 24 heavy (non-hydrogen) atoms. The number of hydrogen-bond donors (Lipinski definition) is 2. The summed E-state index contributed by atoms with van der Waals surface area (Å²) in [5.41, 5.74) is 3.84. The van der Waals surface area contributed by atoms with Gasteiger partial charge in [0.25, 0.3) is 0 Å². The third kappa shape index (κ3) is 4.44. The highest BCUT2D eigenvalue weighted by atomic mass is 16.3. The van der Waals surface area contributed by atoms with Crippen molar-refractivity contribution >= 4 is 0 Å². The van der Waals surface area contributed by atoms with Crippen LogP contribution in [-0.2, 0) is 0 Å². The molecule has 2 N–H and O–H groups in total. The number of aliphatic hydroxyl groups is 1. The Morgan fingerprint density at radius 2 is 1.92 bits per heavy atom. The summed E-state index contributed by atoms with van der Waals surface area (Å²) in [7, 11) is 0. The second kappa shape index (κ2) is 8.09. The molecule has 5 heteroatoms. The topological polar surface area (TPSA) is 73.9 Å². The van der Waals surface area contributed by atoms with E-state index in [1.807, 2.05) is 29.9 Å². The number of aliphatic hydroxyl groups excluding tert-OH is 1. The summed E-state index contributed by atoms with van der Waals surface area (Å²) in [5.74, 6) is 0.418. The first-order valence-corrected chi connectivity index (χ1v) is 8.38. The zero-order valence-electron chi connectivity index (χ0n) is 14.8. The van der Waals surface area contributed by atoms with Crippen molar-refractivity contribution in [1.29, 1.82) is 5.26 Å². The van der Waals surface area contributed by atoms with Crippen molar-refractivity contribution in [2.75, 3.05) is 6.54 Å². The molecule has 0 spiro atoms. The number of nitrogens with zero attached hydrogens (tertiary/aromatic N) is 3. The van der Waals surface area contributed by atoms with Crippen LogP contribution in [0.1, 0.15) is 50.1 Å². The van der Waals surface area contributed by atoms with Gasteiger partial charge in [-0.3, -0.25) is 0 Å². The van der Waals surface area contributed by atoms with Crippen molar-refractivity contribution in [2.24, 2.45) is 5.92 Å². The van der Waals surface area contributed by atoms with Gasteiger partial charge in [-0.1, -0.05) is 6.92 Å². The van der Waals surface area contributed by atoms with E-state index in [0.717, 1.165) is 29.9 Å². The smallest absolute Gasteiger partial charge is 0.0991 e. The summed E-state index contributed by atoms with van der Waals surface area (Å²) in [6, 6.07) is 9.73. The molecule has 1 aromatic heterocycles. The molecule has 0 amide bonds. The standard InChI is InChI=1S/C19H26N4O/c1-13(9-14(2)24)11-21-15(3)19-12-22-23(16(19)4)18-7-5-17(10-20)6-8-18/h5-8,12-15,21,24H,9,11H2,1-4H3. The van der Waals surface area contributed by atoms with Gasteiger partial charge >= 0.3 is 0 Å². The van der Waals surface area contributed by atoms with E-state index in [4.69, 9.17) is 5.26 Å². The Morgan fingerprint density at radius 3 is 2.50 bits per heavy atom. The Kier molecular flexibility index (Phi) is 6.13. The fourth-order valence-electron chi connectivity index (χ4n) is 2.94. The highest BCUT2D eigenvalue weighted by Crippen LogP contribution is 2.21. The van der Waals surface area contributed by atoms with Gasteiger partial charge in [0, 0.05) is 17.3 Å². The summed E-state index contributed by atoms with van der Waals surface area (Å²) < 4.78 is 1.90. The van der Waals surface area contributed by atoms with Crippen molar-refractivity contribution in [1.82, 2.24) is 15.1 Å². The van der Waals surface area contributed by atoms with Crippen LogP contribution in [0.25, 0.3) is 5.69 Å². The van der Waals surface area contributed by atoms with Gasteiger partial charge in [0.2, 0.25) is 0 Å². The molecule has 0 aliphatic heterocycles. The van der Waals surface area contributed by atoms with Crippen LogP contribution in [-0.4, -0.2) is 27.5 Å². The Labute approximate surface area is 143 Å². The molecule has 0 saturated heterocycles. The van der Waals surface area contributed by atoms with Gasteiger partial charge in [0.05, 0.1) is 29.6 Å². The Balaban J connectivity index is 2.07. The number of hydrogen-bond acceptors (Lipinski definition) is 4. The average Bonchev–Trinajstić information content (AvgIpc) is 2.94. The summed E-state index contributed by atoms with van der Waals surface area (Å²) in [6.45, 7) is 9.00. The van der Waals surface area contributed by atoms with E-state index < -0.39 is 0 Å². The maximum atomic E-state index is 9.45. The first kappa shape index (κ1) is 18.2. The Bertz CT molecular complexity index is 697. The number of aromatic nitrogens is 2. The molecule has 128 valence electrons. The van der Waals surface area contributed by atoms with Crippen molar-refractivity contribution in [2.45, 2.75) is 46.3 Å². The van der Waals surface area contributed by atoms with E-state index in [-0.39, 0.29) is 12.1 Å². The van der Waals surface area contributed by atoms with Crippen molar-refractivity contribution in [3.8, 4) is 11.8 Å². The van der Waals surface area contributed by atoms with Gasteiger partial charge in [0.15, 0.2) is 0 Å². The predicted octanol–water partition coefficient (Wildman–Crippen LogP) is 3.11. The monoisotopic (exact) mass is 326 g/mol. The normalized spacial score (nSPS) is 14.8. The summed E-state index contributed by atoms with van der Waals surface area (Å²) in [5, 5.41) is 26.4. The number of nitrogens with one attached hydrogen (secondary N) is 1. The van der Waals surface area contributed by atoms with Crippen LogP contribution in [0.15, 0.2) is 30.5 Å². The molecule has 2 aromatic rings. The quantitative estimate of drug-likeness (QED) is 0.820. The molecule has 0 aliphatic carbocycles. The van der Waals surface area contributed by atoms with Gasteiger partial charge in [-0.05, 0) is 63.9 Å². The first-order chi connectivity index (χ1) is 11.4. The molecular formula is C19H26N4O. The van der Waals surface area contributed by atoms with E-state index in [9.17, 15) is 5.11 Å². The molecule has 0 aliphatic rings. The second-order valence-electron chi connectivity index (χ2n) is 6.58. The van der Waals surface area contributed by atoms with Crippen LogP contribution in [0.3, 0.4) is 0 Å². The molecular weight excluding hydrogens is 300 g/mol. The van der Waals surface area contributed by atoms with Gasteiger partial charge in [0.1, 0.15) is 0 Å². The molecule has 1 aromatic carbocycles. The SMILES string of the molecule is Cc1c(C(C)NCC(C)CC(C)O)cnn1-c1ccc(C#N)cc1. The Hall–Kier alpha value is -2.16. The maximum Gasteiger partial charge on any atom is 0.0991 e. The molecule has 2 rings (SSSR count). The Morgan fingerprint density at radius 1 is 1.25 bits per heavy atom. The molecule has 3 atom stereocenters. The zero-order chi connectivity index (χ0) is 17.7. The van der Waals surface area contributed by atoms with E-state index in [1.54, 1.807) is 12.1 Å². The number of benzene rings is 1. The molecule has 0 saturated carbocycles. The molecule has 1 heterocycles. The second-order valence-corrected chi connectivity index (χ2v) is 6.58. The zero-order valence-corrected chi connectivity index (χ0v) is 14.8. The van der Waals surface area contributed by atoms with Crippen molar-refractivity contribution < 1.29 is 5.11 Å². The minimum absolute atomic E-state index is 0.189. The largest absolute Gasteiger partial charge is 0.393 e. The van der Waals surface area contributed by atoms with E-state index >= 15 is 0 Å². The highest BCUT2D eigenvalue weighted by Gasteiger charge is 2.15. The first-order valence-electron chi connectivity index (χ1n) is 8.38. The van der Waals surface area contributed by atoms with Gasteiger partial charge in [-0.2, -0.15) is 10.4 Å². The lowest BCUT2D eigenvalue weighted by molar-refractivity contribution is 0.162. The molecule has 0 radical (unpaired) electrons. The van der Waals surface area contributed by atoms with E-state index in [2.05, 4.69) is 37.3 Å². The number of nitriles is 1. The fraction of sp³-hybridized carbons (Fsp3) is 0.474. The third-order valence-corrected chi connectivity index (χ3v) is 4.27. The highest BCUT2D eigenvalue weighted by molar-refractivity contribution is 5.40. The lowest BCUT2D eigenvalue weighted by atomic mass is 10.0. The lowest BCUT2D eigenvalue weighted by Crippen LogP contribution is -2.26. The van der Waals surface area contributed by atoms with Crippen molar-refractivity contribution in [3.63, 3.8) is 0 Å². The van der Waals surface area contributed by atoms with Crippen LogP contribution in [0.4, 0.5) is 0 Å². The molecule has 0 fully saturated rings. The summed E-state index contributed by atoms with van der Waals surface area (Å²) in [4.78, 5) is 0. The summed E-state index contributed by atoms with van der Waals surface area (Å²) in [6.07, 6.45) is 2.42. The van der Waals surface area contributed by atoms with Crippen LogP contribution in [0, 0.1) is 24.2 Å². The molecule has 0 bridgehead atoms.